The van der Waals surface area contributed by atoms with E-state index in [1.807, 2.05) is 0 Å². The van der Waals surface area contributed by atoms with Gasteiger partial charge >= 0.3 is 0 Å². The van der Waals surface area contributed by atoms with E-state index in [4.69, 9.17) is 25.4 Å². The number of ether oxygens (including phenoxy) is 4. The van der Waals surface area contributed by atoms with Gasteiger partial charge in [-0.05, 0) is 69.6 Å². The van der Waals surface area contributed by atoms with E-state index in [-0.39, 0.29) is 5.41 Å². The zero-order valence-corrected chi connectivity index (χ0v) is 18.7. The average Bonchev–Trinajstić information content (AvgIpc) is 3.47. The fourth-order valence-corrected chi connectivity index (χ4v) is 8.27. The summed E-state index contributed by atoms with van der Waals surface area (Å²) in [7, 11) is 0. The summed E-state index contributed by atoms with van der Waals surface area (Å²) in [6.07, 6.45) is 14.7. The quantitative estimate of drug-likeness (QED) is 0.702. The summed E-state index contributed by atoms with van der Waals surface area (Å²) in [6.45, 7) is 7.03. The maximum atomic E-state index is 11.4. The molecule has 3 aliphatic carbocycles. The molecule has 5 heteroatoms. The Bertz CT molecular complexity index is 688. The molecule has 168 valence electrons. The summed E-state index contributed by atoms with van der Waals surface area (Å²) in [5.74, 6) is 3.88. The standard InChI is InChI=1S/C25H38O5/c1-4-23-11-6-19-18(20(23)9-12-24(23,26)5-2)7-13-25(29-16-17-30-25)21(19)8-10-22(3)27-14-15-28-22/h2,18-21,26H,4,6-17H2,1,3H3/t18-,19+,20+,21-,23+,24+/m1/s1. The van der Waals surface area contributed by atoms with Gasteiger partial charge in [0.25, 0.3) is 0 Å². The van der Waals surface area contributed by atoms with Crippen molar-refractivity contribution in [1.82, 2.24) is 0 Å². The first-order valence-corrected chi connectivity index (χ1v) is 12.2. The topological polar surface area (TPSA) is 57.2 Å². The molecule has 5 rings (SSSR count). The summed E-state index contributed by atoms with van der Waals surface area (Å²) in [6, 6.07) is 0. The molecule has 0 unspecified atom stereocenters. The molecule has 0 amide bonds. The van der Waals surface area contributed by atoms with Gasteiger partial charge in [-0.3, -0.25) is 0 Å². The van der Waals surface area contributed by atoms with Gasteiger partial charge in [0.05, 0.1) is 26.4 Å². The molecular weight excluding hydrogens is 380 g/mol. The van der Waals surface area contributed by atoms with Crippen LogP contribution in [0.1, 0.15) is 71.6 Å². The Morgan fingerprint density at radius 1 is 0.933 bits per heavy atom. The van der Waals surface area contributed by atoms with Crippen molar-refractivity contribution in [2.45, 2.75) is 88.8 Å². The van der Waals surface area contributed by atoms with E-state index >= 15 is 0 Å². The van der Waals surface area contributed by atoms with Crippen molar-refractivity contribution in [3.63, 3.8) is 0 Å². The van der Waals surface area contributed by atoms with Crippen LogP contribution in [0.2, 0.25) is 0 Å². The second kappa shape index (κ2) is 7.46. The maximum Gasteiger partial charge on any atom is 0.171 e. The molecule has 5 fully saturated rings. The predicted octanol–water partition coefficient (Wildman–Crippen LogP) is 3.88. The van der Waals surface area contributed by atoms with Crippen molar-refractivity contribution in [2.24, 2.45) is 29.1 Å². The van der Waals surface area contributed by atoms with E-state index < -0.39 is 17.2 Å². The summed E-state index contributed by atoms with van der Waals surface area (Å²) in [5, 5.41) is 11.4. The van der Waals surface area contributed by atoms with E-state index in [0.29, 0.717) is 50.1 Å². The molecule has 1 N–H and O–H groups in total. The molecule has 2 aliphatic heterocycles. The molecule has 2 saturated heterocycles. The molecule has 0 radical (unpaired) electrons. The van der Waals surface area contributed by atoms with Crippen LogP contribution in [0.5, 0.6) is 0 Å². The molecule has 6 atom stereocenters. The van der Waals surface area contributed by atoms with Crippen molar-refractivity contribution in [3.05, 3.63) is 0 Å². The first-order chi connectivity index (χ1) is 14.4. The smallest absolute Gasteiger partial charge is 0.171 e. The van der Waals surface area contributed by atoms with Gasteiger partial charge < -0.3 is 24.1 Å². The van der Waals surface area contributed by atoms with E-state index in [9.17, 15) is 5.11 Å². The van der Waals surface area contributed by atoms with E-state index in [1.54, 1.807) is 0 Å². The van der Waals surface area contributed by atoms with Gasteiger partial charge in [0.1, 0.15) is 5.60 Å². The first kappa shape index (κ1) is 21.2. The molecule has 30 heavy (non-hydrogen) atoms. The summed E-state index contributed by atoms with van der Waals surface area (Å²) in [4.78, 5) is 0. The zero-order valence-electron chi connectivity index (χ0n) is 18.7. The van der Waals surface area contributed by atoms with Crippen LogP contribution < -0.4 is 0 Å². The molecular formula is C25H38O5. The number of fused-ring (bicyclic) bond motifs is 3. The molecule has 5 nitrogen and oxygen atoms in total. The number of hydrogen-bond donors (Lipinski definition) is 1. The molecule has 1 spiro atoms. The van der Waals surface area contributed by atoms with Crippen LogP contribution in [0, 0.1) is 41.4 Å². The average molecular weight is 419 g/mol. The third kappa shape index (κ3) is 2.94. The van der Waals surface area contributed by atoms with Crippen LogP contribution in [-0.2, 0) is 18.9 Å². The lowest BCUT2D eigenvalue weighted by Gasteiger charge is -2.58. The van der Waals surface area contributed by atoms with Gasteiger partial charge in [-0.2, -0.15) is 0 Å². The van der Waals surface area contributed by atoms with Gasteiger partial charge in [-0.1, -0.05) is 12.8 Å². The molecule has 3 saturated carbocycles. The van der Waals surface area contributed by atoms with Crippen LogP contribution in [0.4, 0.5) is 0 Å². The van der Waals surface area contributed by atoms with Gasteiger partial charge in [-0.15, -0.1) is 6.42 Å². The normalized spacial score (nSPS) is 46.5. The Kier molecular flexibility index (Phi) is 5.27. The minimum atomic E-state index is -0.943. The second-order valence-electron chi connectivity index (χ2n) is 10.5. The Labute approximate surface area is 181 Å². The van der Waals surface area contributed by atoms with Crippen molar-refractivity contribution >= 4 is 0 Å². The van der Waals surface area contributed by atoms with Gasteiger partial charge in [0.15, 0.2) is 11.6 Å². The number of rotatable bonds is 4. The maximum absolute atomic E-state index is 11.4. The van der Waals surface area contributed by atoms with Crippen molar-refractivity contribution in [3.8, 4) is 12.3 Å². The first-order valence-electron chi connectivity index (χ1n) is 12.2. The number of terminal acetylenes is 1. The second-order valence-corrected chi connectivity index (χ2v) is 10.5. The number of aliphatic hydroxyl groups is 1. The van der Waals surface area contributed by atoms with Crippen molar-refractivity contribution in [1.29, 1.82) is 0 Å². The Hall–Kier alpha value is -0.640. The van der Waals surface area contributed by atoms with E-state index in [0.717, 1.165) is 57.8 Å². The van der Waals surface area contributed by atoms with Crippen LogP contribution >= 0.6 is 0 Å². The summed E-state index contributed by atoms with van der Waals surface area (Å²) >= 11 is 0. The number of hydrogen-bond acceptors (Lipinski definition) is 5. The predicted molar refractivity (Wildman–Crippen MR) is 112 cm³/mol. The van der Waals surface area contributed by atoms with Gasteiger partial charge in [0.2, 0.25) is 0 Å². The van der Waals surface area contributed by atoms with Crippen LogP contribution in [0.15, 0.2) is 0 Å². The van der Waals surface area contributed by atoms with Gasteiger partial charge in [-0.25, -0.2) is 0 Å². The molecule has 0 bridgehead atoms. The molecule has 0 aromatic rings. The highest BCUT2D eigenvalue weighted by atomic mass is 16.7. The SMILES string of the molecule is C#C[C@]1(O)CC[C@H]2[C@@H]3CCC4(OCCO4)[C@H](CCC4(C)OCCO4)[C@H]3CC[C@@]21CC. The molecule has 5 aliphatic rings. The van der Waals surface area contributed by atoms with Crippen molar-refractivity contribution in [2.75, 3.05) is 26.4 Å². The highest BCUT2D eigenvalue weighted by molar-refractivity contribution is 5.24. The third-order valence-electron chi connectivity index (χ3n) is 9.70. The van der Waals surface area contributed by atoms with Crippen LogP contribution in [-0.4, -0.2) is 48.7 Å². The summed E-state index contributed by atoms with van der Waals surface area (Å²) < 4.78 is 24.5. The minimum Gasteiger partial charge on any atom is -0.377 e. The van der Waals surface area contributed by atoms with E-state index in [2.05, 4.69) is 19.8 Å². The van der Waals surface area contributed by atoms with E-state index in [1.165, 1.54) is 0 Å². The largest absolute Gasteiger partial charge is 0.377 e. The van der Waals surface area contributed by atoms with Gasteiger partial charge in [0, 0.05) is 24.2 Å². The highest BCUT2D eigenvalue weighted by Crippen LogP contribution is 2.67. The molecule has 0 aromatic heterocycles. The molecule has 2 heterocycles. The molecule has 0 aromatic carbocycles. The summed E-state index contributed by atoms with van der Waals surface area (Å²) in [5.41, 5.74) is -1.07. The Balaban J connectivity index is 1.42. The third-order valence-corrected chi connectivity index (χ3v) is 9.70. The fourth-order valence-electron chi connectivity index (χ4n) is 8.27. The van der Waals surface area contributed by atoms with Crippen molar-refractivity contribution < 1.29 is 24.1 Å². The fraction of sp³-hybridized carbons (Fsp3) is 0.920. The zero-order chi connectivity index (χ0) is 21.0. The minimum absolute atomic E-state index is 0.126. The van der Waals surface area contributed by atoms with Crippen LogP contribution in [0.3, 0.4) is 0 Å². The Morgan fingerprint density at radius 3 is 2.27 bits per heavy atom. The lowest BCUT2D eigenvalue weighted by molar-refractivity contribution is -0.257. The monoisotopic (exact) mass is 418 g/mol. The lowest BCUT2D eigenvalue weighted by Crippen LogP contribution is -2.57. The highest BCUT2D eigenvalue weighted by Gasteiger charge is 2.65. The van der Waals surface area contributed by atoms with Crippen LogP contribution in [0.25, 0.3) is 0 Å². The lowest BCUT2D eigenvalue weighted by atomic mass is 9.49. The Morgan fingerprint density at radius 2 is 1.60 bits per heavy atom.